The van der Waals surface area contributed by atoms with Crippen molar-refractivity contribution in [1.82, 2.24) is 4.57 Å². The predicted octanol–water partition coefficient (Wildman–Crippen LogP) is 3.75. The summed E-state index contributed by atoms with van der Waals surface area (Å²) in [6.07, 6.45) is 2.46. The predicted molar refractivity (Wildman–Crippen MR) is 74.4 cm³/mol. The highest BCUT2D eigenvalue weighted by Gasteiger charge is 2.19. The standard InChI is InChI=1S/C13H15ClFNO2S/c1-3-9(2)7-16-8-13(19(14,17)18)11-6-10(15)4-5-12(11)16/h4-6,8-9H,3,7H2,1-2H3. The molecule has 2 aromatic rings. The van der Waals surface area contributed by atoms with E-state index < -0.39 is 14.9 Å². The van der Waals surface area contributed by atoms with Crippen molar-refractivity contribution >= 4 is 30.6 Å². The molecule has 0 radical (unpaired) electrons. The minimum atomic E-state index is -3.88. The Balaban J connectivity index is 2.67. The lowest BCUT2D eigenvalue weighted by Gasteiger charge is -2.10. The third-order valence-electron chi connectivity index (χ3n) is 3.27. The largest absolute Gasteiger partial charge is 0.346 e. The van der Waals surface area contributed by atoms with Crippen molar-refractivity contribution in [2.75, 3.05) is 0 Å². The highest BCUT2D eigenvalue weighted by Crippen LogP contribution is 2.29. The Kier molecular flexibility index (Phi) is 3.87. The minimum Gasteiger partial charge on any atom is -0.346 e. The molecule has 0 amide bonds. The Morgan fingerprint density at radius 3 is 2.68 bits per heavy atom. The number of hydrogen-bond acceptors (Lipinski definition) is 2. The maximum absolute atomic E-state index is 13.3. The number of halogens is 2. The summed E-state index contributed by atoms with van der Waals surface area (Å²) in [6.45, 7) is 4.81. The molecule has 0 bridgehead atoms. The first-order chi connectivity index (χ1) is 8.82. The lowest BCUT2D eigenvalue weighted by molar-refractivity contribution is 0.476. The second kappa shape index (κ2) is 5.13. The van der Waals surface area contributed by atoms with Crippen LogP contribution in [0, 0.1) is 11.7 Å². The smallest absolute Gasteiger partial charge is 0.263 e. The molecular weight excluding hydrogens is 289 g/mol. The van der Waals surface area contributed by atoms with E-state index >= 15 is 0 Å². The van der Waals surface area contributed by atoms with Gasteiger partial charge in [-0.1, -0.05) is 20.3 Å². The van der Waals surface area contributed by atoms with Crippen molar-refractivity contribution in [2.24, 2.45) is 5.92 Å². The van der Waals surface area contributed by atoms with E-state index in [0.29, 0.717) is 23.4 Å². The molecule has 1 atom stereocenters. The van der Waals surface area contributed by atoms with Crippen LogP contribution in [0.5, 0.6) is 0 Å². The highest BCUT2D eigenvalue weighted by atomic mass is 35.7. The molecule has 0 aliphatic carbocycles. The lowest BCUT2D eigenvalue weighted by Crippen LogP contribution is -2.05. The summed E-state index contributed by atoms with van der Waals surface area (Å²) in [5.74, 6) is -0.0816. The molecule has 0 fully saturated rings. The van der Waals surface area contributed by atoms with Gasteiger partial charge in [-0.2, -0.15) is 0 Å². The van der Waals surface area contributed by atoms with Gasteiger partial charge in [-0.25, -0.2) is 12.8 Å². The van der Waals surface area contributed by atoms with Crippen LogP contribution < -0.4 is 0 Å². The summed E-state index contributed by atoms with van der Waals surface area (Å²) in [5.41, 5.74) is 0.681. The Bertz CT molecular complexity index is 709. The molecule has 0 saturated heterocycles. The molecule has 0 N–H and O–H groups in total. The summed E-state index contributed by atoms with van der Waals surface area (Å²) in [4.78, 5) is -0.0352. The summed E-state index contributed by atoms with van der Waals surface area (Å²) in [5, 5.41) is 0.332. The third kappa shape index (κ3) is 2.92. The molecule has 0 aliphatic heterocycles. The first-order valence-corrected chi connectivity index (χ1v) is 8.37. The summed E-state index contributed by atoms with van der Waals surface area (Å²) < 4.78 is 38.2. The van der Waals surface area contributed by atoms with Crippen molar-refractivity contribution in [2.45, 2.75) is 31.7 Å². The van der Waals surface area contributed by atoms with Crippen molar-refractivity contribution in [3.8, 4) is 0 Å². The van der Waals surface area contributed by atoms with Crippen molar-refractivity contribution < 1.29 is 12.8 Å². The molecule has 1 aromatic carbocycles. The molecule has 104 valence electrons. The van der Waals surface area contributed by atoms with Gasteiger partial charge in [-0.05, 0) is 24.1 Å². The van der Waals surface area contributed by atoms with E-state index in [1.807, 2.05) is 4.57 Å². The van der Waals surface area contributed by atoms with E-state index in [2.05, 4.69) is 13.8 Å². The second-order valence-electron chi connectivity index (χ2n) is 4.76. The molecule has 0 saturated carbocycles. The number of nitrogens with zero attached hydrogens (tertiary/aromatic N) is 1. The molecule has 0 spiro atoms. The van der Waals surface area contributed by atoms with Crippen LogP contribution in [-0.4, -0.2) is 13.0 Å². The van der Waals surface area contributed by atoms with Crippen molar-refractivity contribution in [3.05, 3.63) is 30.2 Å². The fraction of sp³-hybridized carbons (Fsp3) is 0.385. The van der Waals surface area contributed by atoms with E-state index in [1.54, 1.807) is 6.07 Å². The number of hydrogen-bond donors (Lipinski definition) is 0. The fourth-order valence-electron chi connectivity index (χ4n) is 2.05. The molecule has 0 aliphatic rings. The van der Waals surface area contributed by atoms with Crippen LogP contribution in [0.15, 0.2) is 29.3 Å². The first kappa shape index (κ1) is 14.3. The molecule has 19 heavy (non-hydrogen) atoms. The second-order valence-corrected chi connectivity index (χ2v) is 7.29. The van der Waals surface area contributed by atoms with E-state index in [1.165, 1.54) is 18.3 Å². The maximum Gasteiger partial charge on any atom is 0.263 e. The molecule has 1 heterocycles. The van der Waals surface area contributed by atoms with Crippen molar-refractivity contribution in [3.63, 3.8) is 0 Å². The van der Waals surface area contributed by atoms with Gasteiger partial charge < -0.3 is 4.57 Å². The summed E-state index contributed by atoms with van der Waals surface area (Å²) in [6, 6.07) is 4.11. The number of aromatic nitrogens is 1. The van der Waals surface area contributed by atoms with Gasteiger partial charge in [0.1, 0.15) is 10.7 Å². The average Bonchev–Trinajstić information content (AvgIpc) is 2.67. The molecule has 3 nitrogen and oxygen atoms in total. The summed E-state index contributed by atoms with van der Waals surface area (Å²) >= 11 is 0. The van der Waals surface area contributed by atoms with Crippen LogP contribution in [0.4, 0.5) is 4.39 Å². The van der Waals surface area contributed by atoms with Gasteiger partial charge in [0.2, 0.25) is 0 Å². The fourth-order valence-corrected chi connectivity index (χ4v) is 3.10. The number of rotatable bonds is 4. The van der Waals surface area contributed by atoms with Crippen LogP contribution >= 0.6 is 10.7 Å². The molecule has 1 unspecified atom stereocenters. The van der Waals surface area contributed by atoms with Crippen LogP contribution in [0.2, 0.25) is 0 Å². The van der Waals surface area contributed by atoms with Gasteiger partial charge in [0.25, 0.3) is 9.05 Å². The Morgan fingerprint density at radius 2 is 2.11 bits per heavy atom. The van der Waals surface area contributed by atoms with Gasteiger partial charge in [0.15, 0.2) is 0 Å². The first-order valence-electron chi connectivity index (χ1n) is 6.06. The molecule has 2 rings (SSSR count). The number of benzene rings is 1. The number of fused-ring (bicyclic) bond motifs is 1. The SMILES string of the molecule is CCC(C)Cn1cc(S(=O)(=O)Cl)c2cc(F)ccc21. The van der Waals surface area contributed by atoms with Crippen LogP contribution in [0.25, 0.3) is 10.9 Å². The van der Waals surface area contributed by atoms with Crippen molar-refractivity contribution in [1.29, 1.82) is 0 Å². The van der Waals surface area contributed by atoms with Gasteiger partial charge in [0, 0.05) is 34.3 Å². The Hall–Kier alpha value is -1.07. The summed E-state index contributed by atoms with van der Waals surface area (Å²) in [7, 11) is 1.53. The molecule has 1 aromatic heterocycles. The van der Waals surface area contributed by atoms with Gasteiger partial charge in [-0.3, -0.25) is 0 Å². The zero-order valence-electron chi connectivity index (χ0n) is 10.7. The minimum absolute atomic E-state index is 0.0352. The highest BCUT2D eigenvalue weighted by molar-refractivity contribution is 8.14. The quantitative estimate of drug-likeness (QED) is 0.807. The van der Waals surface area contributed by atoms with E-state index in [4.69, 9.17) is 10.7 Å². The normalized spacial score (nSPS) is 13.9. The lowest BCUT2D eigenvalue weighted by atomic mass is 10.1. The van der Waals surface area contributed by atoms with Gasteiger partial charge in [0.05, 0.1) is 0 Å². The Morgan fingerprint density at radius 1 is 1.42 bits per heavy atom. The zero-order chi connectivity index (χ0) is 14.2. The van der Waals surface area contributed by atoms with Crippen LogP contribution in [-0.2, 0) is 15.6 Å². The Labute approximate surface area is 116 Å². The average molecular weight is 304 g/mol. The van der Waals surface area contributed by atoms with Gasteiger partial charge in [-0.15, -0.1) is 0 Å². The molecular formula is C13H15ClFNO2S. The topological polar surface area (TPSA) is 39.1 Å². The van der Waals surface area contributed by atoms with Crippen LogP contribution in [0.3, 0.4) is 0 Å². The van der Waals surface area contributed by atoms with Gasteiger partial charge >= 0.3 is 0 Å². The monoisotopic (exact) mass is 303 g/mol. The maximum atomic E-state index is 13.3. The van der Waals surface area contributed by atoms with E-state index in [0.717, 1.165) is 6.42 Å². The van der Waals surface area contributed by atoms with Crippen LogP contribution in [0.1, 0.15) is 20.3 Å². The van der Waals surface area contributed by atoms with E-state index in [9.17, 15) is 12.8 Å². The van der Waals surface area contributed by atoms with E-state index in [-0.39, 0.29) is 4.90 Å². The third-order valence-corrected chi connectivity index (χ3v) is 4.62. The molecule has 6 heteroatoms. The zero-order valence-corrected chi connectivity index (χ0v) is 12.3.